The summed E-state index contributed by atoms with van der Waals surface area (Å²) in [5.74, 6) is -0.136. The second-order valence-electron chi connectivity index (χ2n) is 3.59. The van der Waals surface area contributed by atoms with Crippen LogP contribution in [0.3, 0.4) is 0 Å². The Kier molecular flexibility index (Phi) is 5.75. The third-order valence-corrected chi connectivity index (χ3v) is 2.96. The summed E-state index contributed by atoms with van der Waals surface area (Å²) in [6.07, 6.45) is 0.560. The van der Waals surface area contributed by atoms with E-state index >= 15 is 0 Å². The zero-order chi connectivity index (χ0) is 12.8. The minimum absolute atomic E-state index is 0.0676. The zero-order valence-corrected chi connectivity index (χ0v) is 11.1. The van der Waals surface area contributed by atoms with Gasteiger partial charge >= 0.3 is 0 Å². The van der Waals surface area contributed by atoms with Gasteiger partial charge in [-0.25, -0.2) is 0 Å². The fourth-order valence-electron chi connectivity index (χ4n) is 1.50. The molecule has 0 saturated carbocycles. The molecule has 1 amide bonds. The average Bonchev–Trinajstić information content (AvgIpc) is 2.29. The Bertz CT molecular complexity index is 396. The summed E-state index contributed by atoms with van der Waals surface area (Å²) in [6, 6.07) is 4.81. The van der Waals surface area contributed by atoms with Crippen LogP contribution in [0.5, 0.6) is 0 Å². The van der Waals surface area contributed by atoms with Crippen LogP contribution in [0.2, 0.25) is 10.0 Å². The van der Waals surface area contributed by atoms with Crippen LogP contribution >= 0.6 is 23.2 Å². The number of hydrogen-bond acceptors (Lipinski definition) is 2. The highest BCUT2D eigenvalue weighted by atomic mass is 35.5. The summed E-state index contributed by atoms with van der Waals surface area (Å²) in [6.45, 7) is 3.06. The molecule has 0 saturated heterocycles. The monoisotopic (exact) mass is 275 g/mol. The number of halogens is 2. The number of aliphatic hydroxyl groups excluding tert-OH is 1. The van der Waals surface area contributed by atoms with Gasteiger partial charge in [-0.1, -0.05) is 23.2 Å². The van der Waals surface area contributed by atoms with E-state index in [0.29, 0.717) is 35.1 Å². The van der Waals surface area contributed by atoms with Crippen LogP contribution in [0.4, 0.5) is 0 Å². The molecule has 0 spiro atoms. The van der Waals surface area contributed by atoms with E-state index < -0.39 is 0 Å². The minimum Gasteiger partial charge on any atom is -0.396 e. The van der Waals surface area contributed by atoms with Crippen LogP contribution in [-0.4, -0.2) is 35.6 Å². The third kappa shape index (κ3) is 3.87. The fourth-order valence-corrected chi connectivity index (χ4v) is 1.99. The van der Waals surface area contributed by atoms with Gasteiger partial charge in [-0.3, -0.25) is 4.79 Å². The van der Waals surface area contributed by atoms with E-state index in [1.165, 1.54) is 0 Å². The molecule has 0 heterocycles. The van der Waals surface area contributed by atoms with Gasteiger partial charge in [-0.2, -0.15) is 0 Å². The van der Waals surface area contributed by atoms with E-state index in [4.69, 9.17) is 28.3 Å². The lowest BCUT2D eigenvalue weighted by molar-refractivity contribution is 0.0754. The van der Waals surface area contributed by atoms with Crippen molar-refractivity contribution in [2.75, 3.05) is 19.7 Å². The molecule has 0 bridgehead atoms. The molecule has 0 aliphatic rings. The number of rotatable bonds is 5. The van der Waals surface area contributed by atoms with Gasteiger partial charge in [0.05, 0.1) is 10.6 Å². The maximum Gasteiger partial charge on any atom is 0.255 e. The first-order valence-corrected chi connectivity index (χ1v) is 6.21. The van der Waals surface area contributed by atoms with Crippen molar-refractivity contribution in [1.82, 2.24) is 4.90 Å². The Morgan fingerprint density at radius 1 is 1.41 bits per heavy atom. The number of amides is 1. The number of nitrogens with zero attached hydrogens (tertiary/aromatic N) is 1. The van der Waals surface area contributed by atoms with Crippen LogP contribution in [-0.2, 0) is 0 Å². The topological polar surface area (TPSA) is 40.5 Å². The van der Waals surface area contributed by atoms with Gasteiger partial charge in [-0.15, -0.1) is 0 Å². The van der Waals surface area contributed by atoms with Crippen molar-refractivity contribution in [2.45, 2.75) is 13.3 Å². The summed E-state index contributed by atoms with van der Waals surface area (Å²) >= 11 is 11.8. The van der Waals surface area contributed by atoms with E-state index in [2.05, 4.69) is 0 Å². The molecule has 5 heteroatoms. The molecule has 1 N–H and O–H groups in total. The molecule has 1 rings (SSSR count). The molecular weight excluding hydrogens is 261 g/mol. The summed E-state index contributed by atoms with van der Waals surface area (Å²) < 4.78 is 0. The molecule has 1 aromatic rings. The first-order chi connectivity index (χ1) is 8.10. The molecule has 0 unspecified atom stereocenters. The summed E-state index contributed by atoms with van der Waals surface area (Å²) in [5, 5.41) is 9.63. The van der Waals surface area contributed by atoms with Gasteiger partial charge in [-0.05, 0) is 31.5 Å². The molecule has 0 atom stereocenters. The lowest BCUT2D eigenvalue weighted by Crippen LogP contribution is -2.32. The van der Waals surface area contributed by atoms with E-state index in [1.54, 1.807) is 23.1 Å². The van der Waals surface area contributed by atoms with Crippen LogP contribution in [0.1, 0.15) is 23.7 Å². The Morgan fingerprint density at radius 3 is 2.65 bits per heavy atom. The van der Waals surface area contributed by atoms with Crippen LogP contribution in [0.15, 0.2) is 18.2 Å². The van der Waals surface area contributed by atoms with Gasteiger partial charge in [0.15, 0.2) is 0 Å². The predicted molar refractivity (Wildman–Crippen MR) is 69.7 cm³/mol. The maximum atomic E-state index is 12.1. The van der Waals surface area contributed by atoms with Crippen molar-refractivity contribution in [1.29, 1.82) is 0 Å². The maximum absolute atomic E-state index is 12.1. The molecular formula is C12H15Cl2NO2. The second-order valence-corrected chi connectivity index (χ2v) is 4.43. The van der Waals surface area contributed by atoms with Crippen molar-refractivity contribution in [2.24, 2.45) is 0 Å². The highest BCUT2D eigenvalue weighted by Gasteiger charge is 2.16. The van der Waals surface area contributed by atoms with E-state index in [-0.39, 0.29) is 12.5 Å². The molecule has 1 aromatic carbocycles. The Hall–Kier alpha value is -0.770. The molecule has 3 nitrogen and oxygen atoms in total. The standard InChI is InChI=1S/C12H15Cl2NO2/c1-2-15(6-3-7-16)12(17)10-5-4-9(13)8-11(10)14/h4-5,8,16H,2-3,6-7H2,1H3. The van der Waals surface area contributed by atoms with Crippen molar-refractivity contribution in [3.8, 4) is 0 Å². The highest BCUT2D eigenvalue weighted by Crippen LogP contribution is 2.22. The van der Waals surface area contributed by atoms with E-state index in [1.807, 2.05) is 6.92 Å². The molecule has 0 radical (unpaired) electrons. The molecule has 94 valence electrons. The van der Waals surface area contributed by atoms with Gasteiger partial charge in [0, 0.05) is 24.7 Å². The summed E-state index contributed by atoms with van der Waals surface area (Å²) in [7, 11) is 0. The second kappa shape index (κ2) is 6.84. The number of carbonyl (C=O) groups is 1. The zero-order valence-electron chi connectivity index (χ0n) is 9.62. The minimum atomic E-state index is -0.136. The van der Waals surface area contributed by atoms with Crippen molar-refractivity contribution in [3.05, 3.63) is 33.8 Å². The number of hydrogen-bond donors (Lipinski definition) is 1. The van der Waals surface area contributed by atoms with Crippen LogP contribution in [0, 0.1) is 0 Å². The van der Waals surface area contributed by atoms with Gasteiger partial charge < -0.3 is 10.0 Å². The third-order valence-electron chi connectivity index (χ3n) is 2.42. The number of benzene rings is 1. The first-order valence-electron chi connectivity index (χ1n) is 5.45. The van der Waals surface area contributed by atoms with Gasteiger partial charge in [0.2, 0.25) is 0 Å². The highest BCUT2D eigenvalue weighted by molar-refractivity contribution is 6.36. The van der Waals surface area contributed by atoms with Gasteiger partial charge in [0.25, 0.3) is 5.91 Å². The number of aliphatic hydroxyl groups is 1. The lowest BCUT2D eigenvalue weighted by Gasteiger charge is -2.21. The predicted octanol–water partition coefficient (Wildman–Crippen LogP) is 2.84. The summed E-state index contributed by atoms with van der Waals surface area (Å²) in [5.41, 5.74) is 0.441. The first kappa shape index (κ1) is 14.3. The Labute approximate surface area is 111 Å². The van der Waals surface area contributed by atoms with Crippen LogP contribution in [0.25, 0.3) is 0 Å². The van der Waals surface area contributed by atoms with Gasteiger partial charge in [0.1, 0.15) is 0 Å². The largest absolute Gasteiger partial charge is 0.396 e. The SMILES string of the molecule is CCN(CCCO)C(=O)c1ccc(Cl)cc1Cl. The van der Waals surface area contributed by atoms with Crippen molar-refractivity contribution >= 4 is 29.1 Å². The van der Waals surface area contributed by atoms with E-state index in [9.17, 15) is 4.79 Å². The normalized spacial score (nSPS) is 10.4. The molecule has 0 fully saturated rings. The van der Waals surface area contributed by atoms with E-state index in [0.717, 1.165) is 0 Å². The molecule has 17 heavy (non-hydrogen) atoms. The number of carbonyl (C=O) groups excluding carboxylic acids is 1. The molecule has 0 aliphatic heterocycles. The van der Waals surface area contributed by atoms with Crippen molar-refractivity contribution in [3.63, 3.8) is 0 Å². The molecule has 0 aromatic heterocycles. The average molecular weight is 276 g/mol. The quantitative estimate of drug-likeness (QED) is 0.898. The molecule has 0 aliphatic carbocycles. The summed E-state index contributed by atoms with van der Waals surface area (Å²) in [4.78, 5) is 13.8. The Morgan fingerprint density at radius 2 is 2.12 bits per heavy atom. The smallest absolute Gasteiger partial charge is 0.255 e. The van der Waals surface area contributed by atoms with Crippen LogP contribution < -0.4 is 0 Å². The Balaban J connectivity index is 2.86. The van der Waals surface area contributed by atoms with Crippen molar-refractivity contribution < 1.29 is 9.90 Å². The lowest BCUT2D eigenvalue weighted by atomic mass is 10.2. The fraction of sp³-hybridized carbons (Fsp3) is 0.417.